The number of benzene rings is 2. The number of allylic oxidation sites excluding steroid dienone is 4. The molecule has 0 amide bonds. The van der Waals surface area contributed by atoms with E-state index in [-0.39, 0.29) is 7.43 Å². The van der Waals surface area contributed by atoms with Gasteiger partial charge in [-0.25, -0.2) is 0 Å². The molecule has 2 aliphatic carbocycles. The molecule has 1 saturated carbocycles. The van der Waals surface area contributed by atoms with E-state index in [0.717, 1.165) is 24.8 Å². The summed E-state index contributed by atoms with van der Waals surface area (Å²) in [6, 6.07) is 19.9. The van der Waals surface area contributed by atoms with E-state index in [0.29, 0.717) is 24.4 Å². The number of hydrogen-bond donors (Lipinski definition) is 0. The molecule has 3 nitrogen and oxygen atoms in total. The van der Waals surface area contributed by atoms with Crippen LogP contribution in [0.25, 0.3) is 27.3 Å². The Bertz CT molecular complexity index is 1050. The van der Waals surface area contributed by atoms with Crippen LogP contribution in [0.5, 0.6) is 0 Å². The van der Waals surface area contributed by atoms with Gasteiger partial charge in [-0.3, -0.25) is 6.67 Å². The molecule has 4 unspecified atom stereocenters. The monoisotopic (exact) mass is 588 g/mol. The van der Waals surface area contributed by atoms with E-state index in [9.17, 15) is 0 Å². The average molecular weight is 590 g/mol. The summed E-state index contributed by atoms with van der Waals surface area (Å²) in [4.78, 5) is 0. The van der Waals surface area contributed by atoms with Crippen molar-refractivity contribution in [3.05, 3.63) is 96.4 Å². The molecule has 0 aromatic heterocycles. The Kier molecular flexibility index (Phi) is 11.7. The molecule has 3 aliphatic rings. The van der Waals surface area contributed by atoms with Gasteiger partial charge in [-0.1, -0.05) is 93.7 Å². The van der Waals surface area contributed by atoms with E-state index in [2.05, 4.69) is 115 Å². The Balaban J connectivity index is 0.000000908. The number of halogens is 2. The Morgan fingerprint density at radius 2 is 1.57 bits per heavy atom. The van der Waals surface area contributed by atoms with Crippen LogP contribution in [0.1, 0.15) is 25.8 Å². The Labute approximate surface area is 242 Å². The van der Waals surface area contributed by atoms with Gasteiger partial charge in [-0.05, 0) is 64.0 Å². The summed E-state index contributed by atoms with van der Waals surface area (Å²) in [5.41, 5.74) is 6.25. The van der Waals surface area contributed by atoms with Gasteiger partial charge in [0.25, 0.3) is 0 Å². The first-order valence-corrected chi connectivity index (χ1v) is 20.2. The summed E-state index contributed by atoms with van der Waals surface area (Å²) in [7, 11) is 8.05. The van der Waals surface area contributed by atoms with E-state index in [1.54, 1.807) is 0 Å². The van der Waals surface area contributed by atoms with E-state index < -0.39 is 25.3 Å². The second-order valence-electron chi connectivity index (χ2n) is 10.9. The Hall–Kier alpha value is -0.689. The molecule has 1 saturated heterocycles. The molecule has 196 valence electrons. The van der Waals surface area contributed by atoms with Crippen LogP contribution in [0.4, 0.5) is 0 Å². The van der Waals surface area contributed by atoms with Gasteiger partial charge in [0.05, 0.1) is 0 Å². The van der Waals surface area contributed by atoms with Crippen LogP contribution in [0.2, 0.25) is 18.6 Å². The maximum absolute atomic E-state index is 4.89. The van der Waals surface area contributed by atoms with Gasteiger partial charge < -0.3 is 22.6 Å². The average Bonchev–Trinajstić information content (AvgIpc) is 3.31. The standard InChI is InChI=1S/C29H37N3Si.CH3.2ClH.Ti/c1-21(2)27-17-28-25(24-13-8-12-23(16-24)22-10-6-5-7-11-22)14-9-15-26(28)29(27)33(3,4)32-19-30-18-31-20-32;;;;/h5-16,21,26-29H,17-20H2,1-4H3;1H3;2*1H;/q-2;-1;;;+6/p-2. The molecule has 4 atom stereocenters. The van der Waals surface area contributed by atoms with Crippen LogP contribution in [-0.2, 0) is 17.0 Å². The van der Waals surface area contributed by atoms with Gasteiger partial charge in [0, 0.05) is 0 Å². The molecule has 5 rings (SSSR count). The van der Waals surface area contributed by atoms with Crippen molar-refractivity contribution in [1.82, 2.24) is 4.57 Å². The normalized spacial score (nSPS) is 25.6. The predicted molar refractivity (Wildman–Crippen MR) is 161 cm³/mol. The van der Waals surface area contributed by atoms with E-state index >= 15 is 0 Å². The van der Waals surface area contributed by atoms with E-state index in [1.807, 2.05) is 0 Å². The summed E-state index contributed by atoms with van der Waals surface area (Å²) < 4.78 is 2.64. The van der Waals surface area contributed by atoms with Crippen molar-refractivity contribution in [2.75, 3.05) is 20.0 Å². The summed E-state index contributed by atoms with van der Waals surface area (Å²) >= 11 is -0.556. The molecule has 1 aliphatic heterocycles. The van der Waals surface area contributed by atoms with Crippen molar-refractivity contribution < 1.29 is 17.0 Å². The van der Waals surface area contributed by atoms with Gasteiger partial charge in [0.2, 0.25) is 0 Å². The van der Waals surface area contributed by atoms with Crippen LogP contribution < -0.4 is 0 Å². The minimum absolute atomic E-state index is 0. The third-order valence-corrected chi connectivity index (χ3v) is 12.8. The topological polar surface area (TPSA) is 31.4 Å². The molecule has 2 aromatic carbocycles. The zero-order valence-electron chi connectivity index (χ0n) is 22.7. The fraction of sp³-hybridized carbons (Fsp3) is 0.433. The first kappa shape index (κ1) is 30.8. The van der Waals surface area contributed by atoms with Crippen molar-refractivity contribution >= 4 is 32.4 Å². The second kappa shape index (κ2) is 14.1. The van der Waals surface area contributed by atoms with Gasteiger partial charge >= 0.3 is 35.6 Å². The van der Waals surface area contributed by atoms with Gasteiger partial charge in [0.15, 0.2) is 0 Å². The number of rotatable bonds is 5. The first-order valence-electron chi connectivity index (χ1n) is 12.9. The molecule has 7 heteroatoms. The van der Waals surface area contributed by atoms with Gasteiger partial charge in [0.1, 0.15) is 8.24 Å². The molecule has 1 heterocycles. The third kappa shape index (κ3) is 6.91. The number of hydrogen-bond acceptors (Lipinski definition) is 1. The third-order valence-electron chi connectivity index (χ3n) is 8.41. The SMILES string of the molecule is CC(C)C1CC2C(c3cccc(-c4ccccc4)c3)=CC=CC2C1[Si](C)(C)N1C[N-]C[N-]C1.[CH3-].[Cl][Ti+4][Cl]. The summed E-state index contributed by atoms with van der Waals surface area (Å²) in [5, 5.41) is 9.27. The van der Waals surface area contributed by atoms with Gasteiger partial charge in [-0.2, -0.15) is 0 Å². The first-order chi connectivity index (χ1) is 17.4. The molecule has 0 spiro atoms. The number of nitrogens with zero attached hydrogens (tertiary/aromatic N) is 3. The van der Waals surface area contributed by atoms with E-state index in [4.69, 9.17) is 18.6 Å². The summed E-state index contributed by atoms with van der Waals surface area (Å²) in [5.74, 6) is 2.65. The molecule has 2 aromatic rings. The van der Waals surface area contributed by atoms with Crippen LogP contribution in [0.3, 0.4) is 0 Å². The molecular weight excluding hydrogens is 549 g/mol. The van der Waals surface area contributed by atoms with Gasteiger partial charge in [-0.15, -0.1) is 13.3 Å². The fourth-order valence-electron chi connectivity index (χ4n) is 6.65. The van der Waals surface area contributed by atoms with Crippen molar-refractivity contribution in [2.24, 2.45) is 23.7 Å². The zero-order valence-corrected chi connectivity index (χ0v) is 26.8. The van der Waals surface area contributed by atoms with Crippen LogP contribution in [0, 0.1) is 31.1 Å². The molecular formula is C30H40Cl2N3SiTi+. The molecule has 2 fully saturated rings. The second-order valence-corrected chi connectivity index (χ2v) is 18.1. The predicted octanol–water partition coefficient (Wildman–Crippen LogP) is 9.55. The van der Waals surface area contributed by atoms with Crippen LogP contribution in [-0.4, -0.2) is 32.8 Å². The van der Waals surface area contributed by atoms with Crippen molar-refractivity contribution in [3.8, 4) is 11.1 Å². The van der Waals surface area contributed by atoms with Crippen molar-refractivity contribution in [3.63, 3.8) is 0 Å². The number of fused-ring (bicyclic) bond motifs is 1. The Morgan fingerprint density at radius 1 is 0.946 bits per heavy atom. The molecule has 37 heavy (non-hydrogen) atoms. The quantitative estimate of drug-likeness (QED) is 0.253. The molecule has 0 N–H and O–H groups in total. The summed E-state index contributed by atoms with van der Waals surface area (Å²) in [6.07, 6.45) is 8.56. The minimum atomic E-state index is -1.73. The maximum atomic E-state index is 4.89. The summed E-state index contributed by atoms with van der Waals surface area (Å²) in [6.45, 7) is 12.4. The van der Waals surface area contributed by atoms with Crippen molar-refractivity contribution in [2.45, 2.75) is 38.9 Å². The van der Waals surface area contributed by atoms with Crippen LogP contribution in [0.15, 0.2) is 72.8 Å². The van der Waals surface area contributed by atoms with E-state index in [1.165, 1.54) is 28.7 Å². The zero-order chi connectivity index (χ0) is 25.7. The molecule has 0 radical (unpaired) electrons. The van der Waals surface area contributed by atoms with Crippen molar-refractivity contribution in [1.29, 1.82) is 0 Å². The molecule has 0 bridgehead atoms. The Morgan fingerprint density at radius 3 is 2.22 bits per heavy atom. The van der Waals surface area contributed by atoms with Crippen LogP contribution >= 0.6 is 18.6 Å². The fourth-order valence-corrected chi connectivity index (χ4v) is 10.9.